The second kappa shape index (κ2) is 8.30. The van der Waals surface area contributed by atoms with Crippen molar-refractivity contribution in [1.29, 1.82) is 0 Å². The lowest BCUT2D eigenvalue weighted by Crippen LogP contribution is -2.48. The predicted octanol–water partition coefficient (Wildman–Crippen LogP) is 3.75. The van der Waals surface area contributed by atoms with E-state index in [0.717, 1.165) is 35.3 Å². The molecule has 2 atom stereocenters. The number of amides is 2. The van der Waals surface area contributed by atoms with Gasteiger partial charge in [-0.3, -0.25) is 4.79 Å². The van der Waals surface area contributed by atoms with Crippen LogP contribution in [-0.2, 0) is 16.0 Å². The average molecular weight is 405 g/mol. The summed E-state index contributed by atoms with van der Waals surface area (Å²) < 4.78 is 5.41. The third-order valence-electron chi connectivity index (χ3n) is 5.86. The molecule has 2 aliphatic heterocycles. The van der Waals surface area contributed by atoms with Crippen LogP contribution in [0.3, 0.4) is 0 Å². The molecule has 6 nitrogen and oxygen atoms in total. The third kappa shape index (κ3) is 3.82. The number of hydrogen-bond acceptors (Lipinski definition) is 4. The van der Waals surface area contributed by atoms with Gasteiger partial charge < -0.3 is 15.0 Å². The molecule has 0 aromatic heterocycles. The van der Waals surface area contributed by atoms with E-state index in [2.05, 4.69) is 27.3 Å². The van der Waals surface area contributed by atoms with Gasteiger partial charge in [-0.2, -0.15) is 0 Å². The molecule has 0 saturated heterocycles. The number of para-hydroxylation sites is 1. The number of fused-ring (bicyclic) bond motifs is 1. The Kier molecular flexibility index (Phi) is 5.57. The van der Waals surface area contributed by atoms with Crippen LogP contribution in [0.4, 0.5) is 10.5 Å². The summed E-state index contributed by atoms with van der Waals surface area (Å²) in [5.41, 5.74) is 5.99. The number of carbonyl (C=O) groups is 2. The van der Waals surface area contributed by atoms with Crippen LogP contribution in [0.1, 0.15) is 35.2 Å². The number of ether oxygens (including phenoxy) is 1. The van der Waals surface area contributed by atoms with E-state index < -0.39 is 18.0 Å². The molecule has 2 amide bonds. The summed E-state index contributed by atoms with van der Waals surface area (Å²) in [7, 11) is 0. The van der Waals surface area contributed by atoms with Gasteiger partial charge in [-0.1, -0.05) is 42.0 Å². The fourth-order valence-electron chi connectivity index (χ4n) is 4.40. The Morgan fingerprint density at radius 2 is 2.03 bits per heavy atom. The van der Waals surface area contributed by atoms with E-state index in [-0.39, 0.29) is 12.6 Å². The number of esters is 1. The maximum Gasteiger partial charge on any atom is 0.341 e. The van der Waals surface area contributed by atoms with E-state index in [0.29, 0.717) is 12.3 Å². The molecule has 30 heavy (non-hydrogen) atoms. The Morgan fingerprint density at radius 3 is 2.83 bits per heavy atom. The lowest BCUT2D eigenvalue weighted by Gasteiger charge is -2.33. The number of benzene rings is 2. The van der Waals surface area contributed by atoms with Crippen molar-refractivity contribution >= 4 is 23.4 Å². The number of aryl methyl sites for hydroxylation is 2. The first-order valence-corrected chi connectivity index (χ1v) is 10.4. The molecule has 0 radical (unpaired) electrons. The number of aliphatic imine (C=N–C) groups is 1. The second-order valence-corrected chi connectivity index (χ2v) is 7.92. The maximum absolute atomic E-state index is 13.0. The summed E-state index contributed by atoms with van der Waals surface area (Å²) in [4.78, 5) is 32.0. The van der Waals surface area contributed by atoms with Gasteiger partial charge in [0.15, 0.2) is 0 Å². The second-order valence-electron chi connectivity index (χ2n) is 7.92. The molecule has 0 spiro atoms. The lowest BCUT2D eigenvalue weighted by molar-refractivity contribution is -0.146. The summed E-state index contributed by atoms with van der Waals surface area (Å²) in [5.74, 6) is -1.01. The zero-order valence-electron chi connectivity index (χ0n) is 17.6. The van der Waals surface area contributed by atoms with Crippen molar-refractivity contribution < 1.29 is 14.3 Å². The van der Waals surface area contributed by atoms with Gasteiger partial charge >= 0.3 is 12.0 Å². The fourth-order valence-corrected chi connectivity index (χ4v) is 4.40. The number of carbonyl (C=O) groups excluding carboxylic acids is 2. The number of nitrogens with zero attached hydrogens (tertiary/aromatic N) is 2. The van der Waals surface area contributed by atoms with Crippen molar-refractivity contribution in [3.63, 3.8) is 0 Å². The Bertz CT molecular complexity index is 1010. The van der Waals surface area contributed by atoms with Gasteiger partial charge in [-0.05, 0) is 49.9 Å². The molecular weight excluding hydrogens is 378 g/mol. The highest BCUT2D eigenvalue weighted by Crippen LogP contribution is 2.33. The van der Waals surface area contributed by atoms with Crippen LogP contribution in [0.5, 0.6) is 0 Å². The van der Waals surface area contributed by atoms with Gasteiger partial charge in [0, 0.05) is 12.2 Å². The van der Waals surface area contributed by atoms with Gasteiger partial charge in [0.1, 0.15) is 5.92 Å². The van der Waals surface area contributed by atoms with Gasteiger partial charge in [0.25, 0.3) is 0 Å². The minimum atomic E-state index is -0.657. The van der Waals surface area contributed by atoms with Crippen molar-refractivity contribution in [3.05, 3.63) is 64.7 Å². The molecule has 0 fully saturated rings. The molecule has 0 aliphatic carbocycles. The van der Waals surface area contributed by atoms with E-state index in [1.165, 1.54) is 5.56 Å². The molecule has 156 valence electrons. The molecule has 2 aliphatic rings. The highest BCUT2D eigenvalue weighted by atomic mass is 16.5. The minimum absolute atomic E-state index is 0.280. The molecule has 2 heterocycles. The molecule has 2 aromatic carbocycles. The zero-order chi connectivity index (χ0) is 21.3. The van der Waals surface area contributed by atoms with Crippen molar-refractivity contribution in [2.45, 2.75) is 33.2 Å². The van der Waals surface area contributed by atoms with E-state index in [1.54, 1.807) is 6.92 Å². The van der Waals surface area contributed by atoms with Gasteiger partial charge in [-0.15, -0.1) is 0 Å². The van der Waals surface area contributed by atoms with Gasteiger partial charge in [0.2, 0.25) is 0 Å². The van der Waals surface area contributed by atoms with Gasteiger partial charge in [0.05, 0.1) is 24.9 Å². The van der Waals surface area contributed by atoms with Crippen molar-refractivity contribution in [1.82, 2.24) is 5.32 Å². The largest absolute Gasteiger partial charge is 0.465 e. The Balaban J connectivity index is 1.72. The third-order valence-corrected chi connectivity index (χ3v) is 5.86. The lowest BCUT2D eigenvalue weighted by atomic mass is 9.85. The highest BCUT2D eigenvalue weighted by Gasteiger charge is 2.41. The van der Waals surface area contributed by atoms with Crippen molar-refractivity contribution in [2.75, 3.05) is 24.6 Å². The molecule has 1 N–H and O–H groups in total. The van der Waals surface area contributed by atoms with Crippen LogP contribution >= 0.6 is 0 Å². The van der Waals surface area contributed by atoms with E-state index in [4.69, 9.17) is 4.74 Å². The molecule has 2 aromatic rings. The summed E-state index contributed by atoms with van der Waals surface area (Å²) in [5, 5.41) is 2.92. The van der Waals surface area contributed by atoms with Crippen LogP contribution < -0.4 is 10.2 Å². The quantitative estimate of drug-likeness (QED) is 0.769. The number of anilines is 1. The Morgan fingerprint density at radius 1 is 1.23 bits per heavy atom. The smallest absolute Gasteiger partial charge is 0.341 e. The van der Waals surface area contributed by atoms with E-state index >= 15 is 0 Å². The number of urea groups is 1. The van der Waals surface area contributed by atoms with Crippen LogP contribution in [0.15, 0.2) is 47.5 Å². The van der Waals surface area contributed by atoms with E-state index in [9.17, 15) is 9.59 Å². The summed E-state index contributed by atoms with van der Waals surface area (Å²) in [6.45, 7) is 7.33. The first-order valence-electron chi connectivity index (χ1n) is 10.4. The minimum Gasteiger partial charge on any atom is -0.465 e. The predicted molar refractivity (Wildman–Crippen MR) is 117 cm³/mol. The topological polar surface area (TPSA) is 71.0 Å². The van der Waals surface area contributed by atoms with Crippen LogP contribution in [-0.4, -0.2) is 37.4 Å². The Hall–Kier alpha value is -3.15. The summed E-state index contributed by atoms with van der Waals surface area (Å²) >= 11 is 0. The summed E-state index contributed by atoms with van der Waals surface area (Å²) in [6, 6.07) is 13.4. The highest BCUT2D eigenvalue weighted by molar-refractivity contribution is 6.11. The van der Waals surface area contributed by atoms with Crippen molar-refractivity contribution in [3.8, 4) is 0 Å². The van der Waals surface area contributed by atoms with Gasteiger partial charge in [-0.25, -0.2) is 9.79 Å². The molecule has 4 rings (SSSR count). The monoisotopic (exact) mass is 405 g/mol. The number of nitrogens with one attached hydrogen (secondary N) is 1. The van der Waals surface area contributed by atoms with Crippen LogP contribution in [0.25, 0.3) is 0 Å². The normalized spacial score (nSPS) is 20.4. The average Bonchev–Trinajstić information content (AvgIpc) is 3.12. The zero-order valence-corrected chi connectivity index (χ0v) is 17.6. The van der Waals surface area contributed by atoms with Crippen LogP contribution in [0.2, 0.25) is 0 Å². The van der Waals surface area contributed by atoms with Crippen LogP contribution in [0, 0.1) is 19.8 Å². The first kappa shape index (κ1) is 20.1. The SMILES string of the molecule is CCOC(=O)C1C(CN2CCc3ccccc32)=NC(=O)NC1c1cc(C)ccc1C. The number of rotatable bonds is 5. The first-order chi connectivity index (χ1) is 14.5. The molecule has 2 unspecified atom stereocenters. The van der Waals surface area contributed by atoms with Crippen molar-refractivity contribution in [2.24, 2.45) is 10.9 Å². The summed E-state index contributed by atoms with van der Waals surface area (Å²) in [6.07, 6.45) is 0.945. The number of hydrogen-bond donors (Lipinski definition) is 1. The Labute approximate surface area is 176 Å². The standard InChI is InChI=1S/C24H27N3O3/c1-4-30-23(28)21-19(14-27-12-11-17-7-5-6-8-20(17)27)25-24(29)26-22(21)18-13-15(2)9-10-16(18)3/h5-10,13,21-22H,4,11-12,14H2,1-3H3,(H,26,29). The maximum atomic E-state index is 13.0. The van der Waals surface area contributed by atoms with E-state index in [1.807, 2.05) is 44.2 Å². The molecule has 0 saturated carbocycles. The molecule has 6 heteroatoms. The fraction of sp³-hybridized carbons (Fsp3) is 0.375. The molecule has 0 bridgehead atoms. The molecular formula is C24H27N3O3.